The van der Waals surface area contributed by atoms with Crippen LogP contribution in [0.3, 0.4) is 0 Å². The number of aromatic amines is 1. The lowest BCUT2D eigenvalue weighted by molar-refractivity contribution is 0.0696. The molecular weight excluding hydrogens is 450 g/mol. The molecule has 1 aliphatic heterocycles. The van der Waals surface area contributed by atoms with E-state index < -0.39 is 5.97 Å². The van der Waals surface area contributed by atoms with Gasteiger partial charge in [0.1, 0.15) is 5.69 Å². The summed E-state index contributed by atoms with van der Waals surface area (Å²) in [6, 6.07) is 24.2. The Morgan fingerprint density at radius 1 is 1.00 bits per heavy atom. The van der Waals surface area contributed by atoms with Crippen molar-refractivity contribution >= 4 is 11.9 Å². The standard InChI is InChI=1S/C30H25N3O3/c34-29-24-13-8-7-12-23(24)19-26(31-29)28-27(21-15-17-22(18-16-21)30(35)36)25(32-33-28)14-6-2-5-11-20-9-3-1-4-10-20/h1,3-4,7-10,12-13,15-18,26H,2,5,11,19H2,(H,31,34)(H,32,33)(H,35,36). The number of nitrogens with zero attached hydrogens (tertiary/aromatic N) is 1. The molecule has 0 spiro atoms. The fourth-order valence-corrected chi connectivity index (χ4v) is 4.54. The molecule has 0 bridgehead atoms. The Morgan fingerprint density at radius 2 is 1.75 bits per heavy atom. The van der Waals surface area contributed by atoms with Gasteiger partial charge in [0.2, 0.25) is 0 Å². The first-order valence-corrected chi connectivity index (χ1v) is 11.9. The minimum Gasteiger partial charge on any atom is -0.478 e. The zero-order valence-corrected chi connectivity index (χ0v) is 19.6. The number of amides is 1. The molecule has 0 radical (unpaired) electrons. The van der Waals surface area contributed by atoms with Crippen molar-refractivity contribution in [3.63, 3.8) is 0 Å². The molecule has 0 fully saturated rings. The number of rotatable bonds is 6. The van der Waals surface area contributed by atoms with Gasteiger partial charge in [0.15, 0.2) is 0 Å². The Hall–Kier alpha value is -4.63. The van der Waals surface area contributed by atoms with Crippen molar-refractivity contribution in [2.24, 2.45) is 0 Å². The van der Waals surface area contributed by atoms with Gasteiger partial charge in [-0.15, -0.1) is 0 Å². The molecule has 1 aromatic heterocycles. The summed E-state index contributed by atoms with van der Waals surface area (Å²) in [6.45, 7) is 0. The number of unbranched alkanes of at least 4 members (excludes halogenated alkanes) is 1. The number of carbonyl (C=O) groups excluding carboxylic acids is 1. The number of aromatic carboxylic acids is 1. The van der Waals surface area contributed by atoms with Crippen LogP contribution in [0.15, 0.2) is 78.9 Å². The Balaban J connectivity index is 1.44. The Labute approximate surface area is 209 Å². The van der Waals surface area contributed by atoms with Gasteiger partial charge in [-0.3, -0.25) is 9.89 Å². The van der Waals surface area contributed by atoms with E-state index in [-0.39, 0.29) is 17.5 Å². The molecule has 4 aromatic rings. The molecule has 2 heterocycles. The minimum atomic E-state index is -0.983. The molecule has 3 aromatic carbocycles. The third kappa shape index (κ3) is 4.91. The molecule has 0 saturated heterocycles. The number of fused-ring (bicyclic) bond motifs is 1. The fourth-order valence-electron chi connectivity index (χ4n) is 4.54. The molecule has 5 rings (SSSR count). The van der Waals surface area contributed by atoms with E-state index in [2.05, 4.69) is 39.5 Å². The number of benzene rings is 3. The van der Waals surface area contributed by atoms with E-state index >= 15 is 0 Å². The van der Waals surface area contributed by atoms with Crippen molar-refractivity contribution < 1.29 is 14.7 Å². The van der Waals surface area contributed by atoms with Crippen LogP contribution in [-0.2, 0) is 12.8 Å². The number of H-pyrrole nitrogens is 1. The first-order chi connectivity index (χ1) is 17.6. The van der Waals surface area contributed by atoms with Crippen LogP contribution in [0.5, 0.6) is 0 Å². The highest BCUT2D eigenvalue weighted by Gasteiger charge is 2.29. The van der Waals surface area contributed by atoms with E-state index in [1.54, 1.807) is 24.3 Å². The average Bonchev–Trinajstić information content (AvgIpc) is 3.33. The smallest absolute Gasteiger partial charge is 0.335 e. The predicted octanol–water partition coefficient (Wildman–Crippen LogP) is 5.18. The number of carboxylic acid groups (broad SMARTS) is 1. The second-order valence-electron chi connectivity index (χ2n) is 8.77. The van der Waals surface area contributed by atoms with E-state index in [1.165, 1.54) is 5.56 Å². The van der Waals surface area contributed by atoms with Crippen LogP contribution < -0.4 is 5.32 Å². The molecule has 1 amide bonds. The van der Waals surface area contributed by atoms with E-state index in [4.69, 9.17) is 0 Å². The number of aromatic nitrogens is 2. The van der Waals surface area contributed by atoms with Gasteiger partial charge in [-0.25, -0.2) is 4.79 Å². The number of hydrogen-bond donors (Lipinski definition) is 3. The molecule has 6 heteroatoms. The summed E-state index contributed by atoms with van der Waals surface area (Å²) >= 11 is 0. The van der Waals surface area contributed by atoms with Crippen LogP contribution in [0.25, 0.3) is 11.1 Å². The lowest BCUT2D eigenvalue weighted by Gasteiger charge is -2.25. The molecule has 3 N–H and O–H groups in total. The second kappa shape index (κ2) is 10.3. The number of aryl methyl sites for hydroxylation is 1. The zero-order valence-electron chi connectivity index (χ0n) is 19.6. The van der Waals surface area contributed by atoms with Gasteiger partial charge in [-0.1, -0.05) is 66.6 Å². The van der Waals surface area contributed by atoms with Crippen molar-refractivity contribution in [1.82, 2.24) is 15.5 Å². The predicted molar refractivity (Wildman–Crippen MR) is 138 cm³/mol. The maximum atomic E-state index is 12.8. The highest BCUT2D eigenvalue weighted by Crippen LogP contribution is 2.34. The monoisotopic (exact) mass is 475 g/mol. The molecule has 36 heavy (non-hydrogen) atoms. The molecule has 1 atom stereocenters. The minimum absolute atomic E-state index is 0.134. The molecule has 1 aliphatic rings. The van der Waals surface area contributed by atoms with Crippen molar-refractivity contribution in [2.45, 2.75) is 31.7 Å². The van der Waals surface area contributed by atoms with Crippen molar-refractivity contribution in [3.05, 3.63) is 113 Å². The lowest BCUT2D eigenvalue weighted by Crippen LogP contribution is -2.35. The maximum Gasteiger partial charge on any atom is 0.335 e. The number of hydrogen-bond acceptors (Lipinski definition) is 3. The summed E-state index contributed by atoms with van der Waals surface area (Å²) in [5, 5.41) is 20.0. The van der Waals surface area contributed by atoms with Crippen LogP contribution in [0.4, 0.5) is 0 Å². The van der Waals surface area contributed by atoms with Crippen molar-refractivity contribution in [1.29, 1.82) is 0 Å². The molecule has 0 aliphatic carbocycles. The molecule has 178 valence electrons. The summed E-state index contributed by atoms with van der Waals surface area (Å²) in [6.07, 6.45) is 3.24. The van der Waals surface area contributed by atoms with E-state index in [0.717, 1.165) is 36.0 Å². The first-order valence-electron chi connectivity index (χ1n) is 11.9. The van der Waals surface area contributed by atoms with Crippen molar-refractivity contribution in [2.75, 3.05) is 0 Å². The molecule has 0 saturated carbocycles. The summed E-state index contributed by atoms with van der Waals surface area (Å²) in [5.74, 6) is 5.36. The van der Waals surface area contributed by atoms with Crippen LogP contribution in [0.1, 0.15) is 62.1 Å². The largest absolute Gasteiger partial charge is 0.478 e. The van der Waals surface area contributed by atoms with E-state index in [9.17, 15) is 14.7 Å². The molecular formula is C30H25N3O3. The second-order valence-corrected chi connectivity index (χ2v) is 8.77. The number of carbonyl (C=O) groups is 2. The third-order valence-electron chi connectivity index (χ3n) is 6.36. The number of nitrogens with one attached hydrogen (secondary N) is 2. The third-order valence-corrected chi connectivity index (χ3v) is 6.36. The Bertz CT molecular complexity index is 1460. The van der Waals surface area contributed by atoms with Gasteiger partial charge in [-0.05, 0) is 60.1 Å². The van der Waals surface area contributed by atoms with Gasteiger partial charge in [0.05, 0.1) is 17.3 Å². The summed E-state index contributed by atoms with van der Waals surface area (Å²) in [4.78, 5) is 24.1. The summed E-state index contributed by atoms with van der Waals surface area (Å²) in [7, 11) is 0. The van der Waals surface area contributed by atoms with Gasteiger partial charge < -0.3 is 10.4 Å². The van der Waals surface area contributed by atoms with Crippen LogP contribution in [-0.4, -0.2) is 27.2 Å². The Kier molecular flexibility index (Phi) is 6.63. The first kappa shape index (κ1) is 23.1. The van der Waals surface area contributed by atoms with E-state index in [0.29, 0.717) is 23.4 Å². The summed E-state index contributed by atoms with van der Waals surface area (Å²) < 4.78 is 0. The number of carboxylic acids is 1. The van der Waals surface area contributed by atoms with E-state index in [1.807, 2.05) is 42.5 Å². The zero-order chi connectivity index (χ0) is 24.9. The Morgan fingerprint density at radius 3 is 2.53 bits per heavy atom. The highest BCUT2D eigenvalue weighted by atomic mass is 16.4. The molecule has 1 unspecified atom stereocenters. The lowest BCUT2D eigenvalue weighted by atomic mass is 9.90. The normalized spacial score (nSPS) is 14.3. The van der Waals surface area contributed by atoms with Gasteiger partial charge in [-0.2, -0.15) is 5.10 Å². The average molecular weight is 476 g/mol. The van der Waals surface area contributed by atoms with Gasteiger partial charge >= 0.3 is 5.97 Å². The van der Waals surface area contributed by atoms with Gasteiger partial charge in [0, 0.05) is 17.5 Å². The summed E-state index contributed by atoms with van der Waals surface area (Å²) in [5.41, 5.74) is 6.06. The quantitative estimate of drug-likeness (QED) is 0.265. The van der Waals surface area contributed by atoms with Crippen LogP contribution >= 0.6 is 0 Å². The highest BCUT2D eigenvalue weighted by molar-refractivity contribution is 5.97. The van der Waals surface area contributed by atoms with Gasteiger partial charge in [0.25, 0.3) is 5.91 Å². The van der Waals surface area contributed by atoms with Crippen LogP contribution in [0.2, 0.25) is 0 Å². The fraction of sp³-hybridized carbons (Fsp3) is 0.167. The maximum absolute atomic E-state index is 12.8. The topological polar surface area (TPSA) is 95.1 Å². The molecule has 6 nitrogen and oxygen atoms in total. The van der Waals surface area contributed by atoms with Crippen molar-refractivity contribution in [3.8, 4) is 23.0 Å². The van der Waals surface area contributed by atoms with Crippen LogP contribution in [0, 0.1) is 11.8 Å². The SMILES string of the molecule is O=C(O)c1ccc(-c2c(C3Cc4ccccc4C(=O)N3)n[nH]c2C#CCCCc2ccccc2)cc1.